The predicted molar refractivity (Wildman–Crippen MR) is 55.5 cm³/mol. The molecule has 0 saturated heterocycles. The van der Waals surface area contributed by atoms with E-state index in [2.05, 4.69) is 25.2 Å². The highest BCUT2D eigenvalue weighted by molar-refractivity contribution is 5.42. The van der Waals surface area contributed by atoms with Crippen molar-refractivity contribution in [3.8, 4) is 0 Å². The fourth-order valence-corrected chi connectivity index (χ4v) is 1.07. The van der Waals surface area contributed by atoms with E-state index in [0.29, 0.717) is 6.04 Å². The lowest BCUT2D eigenvalue weighted by Gasteiger charge is -2.06. The van der Waals surface area contributed by atoms with E-state index in [1.54, 1.807) is 6.26 Å². The van der Waals surface area contributed by atoms with Crippen LogP contribution in [0.4, 0.5) is 0 Å². The molecule has 0 aliphatic rings. The van der Waals surface area contributed by atoms with E-state index in [0.717, 1.165) is 12.3 Å². The van der Waals surface area contributed by atoms with E-state index in [-0.39, 0.29) is 0 Å². The van der Waals surface area contributed by atoms with Crippen LogP contribution in [0, 0.1) is 0 Å². The van der Waals surface area contributed by atoms with Gasteiger partial charge in [-0.05, 0) is 38.1 Å². The highest BCUT2D eigenvalue weighted by Crippen LogP contribution is 2.02. The summed E-state index contributed by atoms with van der Waals surface area (Å²) in [4.78, 5) is 0. The molecule has 0 fully saturated rings. The summed E-state index contributed by atoms with van der Waals surface area (Å²) in [5, 5.41) is 3.37. The maximum Gasteiger partial charge on any atom is 0.126 e. The first-order chi connectivity index (χ1) is 6.33. The second-order valence-electron chi connectivity index (χ2n) is 3.12. The number of rotatable bonds is 5. The molecule has 1 heterocycles. The smallest absolute Gasteiger partial charge is 0.126 e. The lowest BCUT2D eigenvalue weighted by molar-refractivity contribution is 0.555. The van der Waals surface area contributed by atoms with E-state index in [1.807, 2.05) is 18.2 Å². The zero-order valence-corrected chi connectivity index (χ0v) is 8.29. The van der Waals surface area contributed by atoms with Crippen molar-refractivity contribution in [3.63, 3.8) is 0 Å². The molecular weight excluding hydrogens is 162 g/mol. The zero-order valence-electron chi connectivity index (χ0n) is 8.29. The van der Waals surface area contributed by atoms with Crippen LogP contribution in [0.15, 0.2) is 28.9 Å². The van der Waals surface area contributed by atoms with Crippen LogP contribution in [0.2, 0.25) is 0 Å². The van der Waals surface area contributed by atoms with Crippen molar-refractivity contribution in [1.29, 1.82) is 0 Å². The van der Waals surface area contributed by atoms with Gasteiger partial charge in [0.25, 0.3) is 0 Å². The molecule has 0 aliphatic carbocycles. The van der Waals surface area contributed by atoms with Crippen LogP contribution in [-0.4, -0.2) is 12.6 Å². The fourth-order valence-electron chi connectivity index (χ4n) is 1.07. The summed E-state index contributed by atoms with van der Waals surface area (Å²) in [6, 6.07) is 4.25. The lowest BCUT2D eigenvalue weighted by atomic mass is 10.2. The van der Waals surface area contributed by atoms with Gasteiger partial charge in [0, 0.05) is 6.04 Å². The van der Waals surface area contributed by atoms with Crippen LogP contribution >= 0.6 is 0 Å². The van der Waals surface area contributed by atoms with Crippen molar-refractivity contribution in [1.82, 2.24) is 5.32 Å². The molecule has 1 unspecified atom stereocenters. The summed E-state index contributed by atoms with van der Waals surface area (Å²) in [6.45, 7) is 5.36. The normalized spacial score (nSPS) is 13.7. The van der Waals surface area contributed by atoms with Gasteiger partial charge in [0.2, 0.25) is 0 Å². The number of hydrogen-bond donors (Lipinski definition) is 1. The second kappa shape index (κ2) is 5.60. The first-order valence-corrected chi connectivity index (χ1v) is 4.78. The molecule has 1 N–H and O–H groups in total. The number of hydrogen-bond acceptors (Lipinski definition) is 2. The molecule has 0 aliphatic heterocycles. The maximum absolute atomic E-state index is 5.17. The molecule has 72 valence electrons. The van der Waals surface area contributed by atoms with Crippen LogP contribution in [-0.2, 0) is 0 Å². The zero-order chi connectivity index (χ0) is 9.52. The monoisotopic (exact) mass is 179 g/mol. The van der Waals surface area contributed by atoms with Gasteiger partial charge in [0.1, 0.15) is 5.76 Å². The first kappa shape index (κ1) is 10.1. The Kier molecular flexibility index (Phi) is 4.33. The molecule has 0 radical (unpaired) electrons. The van der Waals surface area contributed by atoms with Crippen LogP contribution in [0.1, 0.15) is 26.0 Å². The summed E-state index contributed by atoms with van der Waals surface area (Å²) in [5.41, 5.74) is 0. The summed E-state index contributed by atoms with van der Waals surface area (Å²) in [5.74, 6) is 0.908. The highest BCUT2D eigenvalue weighted by Gasteiger charge is 1.94. The molecule has 2 nitrogen and oxygen atoms in total. The molecule has 13 heavy (non-hydrogen) atoms. The van der Waals surface area contributed by atoms with Gasteiger partial charge in [-0.3, -0.25) is 0 Å². The summed E-state index contributed by atoms with van der Waals surface area (Å²) in [7, 11) is 0. The highest BCUT2D eigenvalue weighted by atomic mass is 16.3. The molecule has 1 aromatic rings. The quantitative estimate of drug-likeness (QED) is 0.751. The van der Waals surface area contributed by atoms with Crippen molar-refractivity contribution >= 4 is 6.08 Å². The molecular formula is C11H17NO. The van der Waals surface area contributed by atoms with Crippen molar-refractivity contribution in [2.24, 2.45) is 0 Å². The predicted octanol–water partition coefficient (Wildman–Crippen LogP) is 2.68. The molecule has 1 aromatic heterocycles. The van der Waals surface area contributed by atoms with E-state index >= 15 is 0 Å². The molecule has 1 atom stereocenters. The van der Waals surface area contributed by atoms with Gasteiger partial charge in [-0.2, -0.15) is 0 Å². The summed E-state index contributed by atoms with van der Waals surface area (Å²) < 4.78 is 5.17. The Morgan fingerprint density at radius 1 is 1.62 bits per heavy atom. The molecule has 0 amide bonds. The van der Waals surface area contributed by atoms with Crippen LogP contribution in [0.5, 0.6) is 0 Å². The van der Waals surface area contributed by atoms with Gasteiger partial charge in [-0.25, -0.2) is 0 Å². The minimum absolute atomic E-state index is 0.407. The summed E-state index contributed by atoms with van der Waals surface area (Å²) in [6.07, 6.45) is 6.95. The second-order valence-corrected chi connectivity index (χ2v) is 3.12. The van der Waals surface area contributed by atoms with Crippen molar-refractivity contribution in [3.05, 3.63) is 30.2 Å². The van der Waals surface area contributed by atoms with Crippen LogP contribution in [0.25, 0.3) is 6.08 Å². The molecule has 0 bridgehead atoms. The lowest BCUT2D eigenvalue weighted by Crippen LogP contribution is -2.24. The molecule has 1 rings (SSSR count). The van der Waals surface area contributed by atoms with Gasteiger partial charge < -0.3 is 9.73 Å². The van der Waals surface area contributed by atoms with E-state index in [9.17, 15) is 0 Å². The van der Waals surface area contributed by atoms with Gasteiger partial charge in [-0.1, -0.05) is 13.0 Å². The first-order valence-electron chi connectivity index (χ1n) is 4.78. The third-order valence-electron chi connectivity index (χ3n) is 1.81. The van der Waals surface area contributed by atoms with Gasteiger partial charge in [0.15, 0.2) is 0 Å². The SMILES string of the molecule is CCCNC(C)/C=C/c1ccco1. The molecule has 0 saturated carbocycles. The Morgan fingerprint density at radius 3 is 3.08 bits per heavy atom. The van der Waals surface area contributed by atoms with E-state index in [4.69, 9.17) is 4.42 Å². The Hall–Kier alpha value is -1.02. The Bertz CT molecular complexity index is 239. The Morgan fingerprint density at radius 2 is 2.46 bits per heavy atom. The van der Waals surface area contributed by atoms with Crippen LogP contribution < -0.4 is 5.32 Å². The average molecular weight is 179 g/mol. The molecule has 0 spiro atoms. The van der Waals surface area contributed by atoms with Crippen molar-refractivity contribution in [2.75, 3.05) is 6.54 Å². The van der Waals surface area contributed by atoms with Gasteiger partial charge in [0.05, 0.1) is 6.26 Å². The fraction of sp³-hybridized carbons (Fsp3) is 0.455. The third-order valence-corrected chi connectivity index (χ3v) is 1.81. The largest absolute Gasteiger partial charge is 0.465 e. The minimum atomic E-state index is 0.407. The van der Waals surface area contributed by atoms with Gasteiger partial charge in [-0.15, -0.1) is 0 Å². The van der Waals surface area contributed by atoms with Crippen molar-refractivity contribution in [2.45, 2.75) is 26.3 Å². The maximum atomic E-state index is 5.17. The standard InChI is InChI=1S/C11H17NO/c1-3-8-12-10(2)6-7-11-5-4-9-13-11/h4-7,9-10,12H,3,8H2,1-2H3/b7-6+. The number of nitrogens with one attached hydrogen (secondary N) is 1. The van der Waals surface area contributed by atoms with Gasteiger partial charge >= 0.3 is 0 Å². The van der Waals surface area contributed by atoms with E-state index < -0.39 is 0 Å². The van der Waals surface area contributed by atoms with Crippen LogP contribution in [0.3, 0.4) is 0 Å². The molecule has 0 aromatic carbocycles. The summed E-state index contributed by atoms with van der Waals surface area (Å²) >= 11 is 0. The van der Waals surface area contributed by atoms with E-state index in [1.165, 1.54) is 6.42 Å². The third kappa shape index (κ3) is 3.95. The topological polar surface area (TPSA) is 25.2 Å². The Labute approximate surface area is 79.6 Å². The Balaban J connectivity index is 2.31. The average Bonchev–Trinajstić information content (AvgIpc) is 2.64. The van der Waals surface area contributed by atoms with Crippen molar-refractivity contribution < 1.29 is 4.42 Å². The molecule has 2 heteroatoms. The number of furan rings is 1. The minimum Gasteiger partial charge on any atom is -0.465 e.